The van der Waals surface area contributed by atoms with Gasteiger partial charge in [0.15, 0.2) is 0 Å². The number of hydrogen-bond donors (Lipinski definition) is 0. The molecule has 2 aromatic rings. The Kier molecular flexibility index (Phi) is 5.40. The predicted octanol–water partition coefficient (Wildman–Crippen LogP) is 3.89. The van der Waals surface area contributed by atoms with Crippen LogP contribution in [0.2, 0.25) is 0 Å². The molecular weight excluding hydrogens is 348 g/mol. The van der Waals surface area contributed by atoms with Crippen LogP contribution in [0.1, 0.15) is 36.8 Å². The van der Waals surface area contributed by atoms with E-state index in [9.17, 15) is 4.79 Å². The number of carbonyl (C=O) groups is 1. The zero-order valence-electron chi connectivity index (χ0n) is 16.9. The molecule has 2 aliphatic rings. The number of para-hydroxylation sites is 1. The molecular formula is C24H30N2O2. The third kappa shape index (κ3) is 4.07. The van der Waals surface area contributed by atoms with Crippen LogP contribution in [0.15, 0.2) is 54.6 Å². The second-order valence-electron chi connectivity index (χ2n) is 8.46. The monoisotopic (exact) mass is 378 g/mol. The number of amides is 1. The summed E-state index contributed by atoms with van der Waals surface area (Å²) in [5.41, 5.74) is 2.21. The molecule has 0 atom stereocenters. The van der Waals surface area contributed by atoms with Gasteiger partial charge < -0.3 is 9.64 Å². The van der Waals surface area contributed by atoms with Gasteiger partial charge in [-0.1, -0.05) is 48.5 Å². The Morgan fingerprint density at radius 3 is 2.54 bits per heavy atom. The first-order valence-corrected chi connectivity index (χ1v) is 10.3. The minimum Gasteiger partial charge on any atom is -0.486 e. The second-order valence-corrected chi connectivity index (χ2v) is 8.46. The van der Waals surface area contributed by atoms with Crippen molar-refractivity contribution in [1.82, 2.24) is 9.80 Å². The lowest BCUT2D eigenvalue weighted by molar-refractivity contribution is -0.133. The lowest BCUT2D eigenvalue weighted by Crippen LogP contribution is -2.51. The molecule has 4 nitrogen and oxygen atoms in total. The molecule has 1 heterocycles. The first-order valence-electron chi connectivity index (χ1n) is 10.3. The summed E-state index contributed by atoms with van der Waals surface area (Å²) in [6.07, 6.45) is 4.43. The van der Waals surface area contributed by atoms with Crippen LogP contribution in [0.4, 0.5) is 0 Å². The molecule has 0 N–H and O–H groups in total. The van der Waals surface area contributed by atoms with Gasteiger partial charge in [0, 0.05) is 31.7 Å². The normalized spacial score (nSPS) is 24.9. The topological polar surface area (TPSA) is 32.8 Å². The number of likely N-dealkylation sites (N-methyl/N-ethyl adjacent to an activating group) is 2. The third-order valence-corrected chi connectivity index (χ3v) is 6.30. The number of carbonyl (C=O) groups excluding carboxylic acids is 1. The number of nitrogens with zero attached hydrogens (tertiary/aromatic N) is 2. The summed E-state index contributed by atoms with van der Waals surface area (Å²) in [5, 5.41) is 0. The maximum Gasteiger partial charge on any atom is 0.226 e. The van der Waals surface area contributed by atoms with E-state index in [0.717, 1.165) is 50.1 Å². The predicted molar refractivity (Wildman–Crippen MR) is 111 cm³/mol. The molecule has 1 aliphatic heterocycles. The van der Waals surface area contributed by atoms with Gasteiger partial charge in [-0.25, -0.2) is 0 Å². The summed E-state index contributed by atoms with van der Waals surface area (Å²) in [6.45, 7) is 1.87. The fraction of sp³-hybridized carbons (Fsp3) is 0.458. The van der Waals surface area contributed by atoms with Crippen molar-refractivity contribution in [2.45, 2.75) is 50.3 Å². The molecule has 148 valence electrons. The van der Waals surface area contributed by atoms with Crippen molar-refractivity contribution in [3.8, 4) is 5.75 Å². The average molecular weight is 379 g/mol. The minimum absolute atomic E-state index is 0.138. The zero-order valence-corrected chi connectivity index (χ0v) is 16.9. The molecule has 0 saturated heterocycles. The van der Waals surface area contributed by atoms with Crippen LogP contribution < -0.4 is 4.74 Å². The van der Waals surface area contributed by atoms with Gasteiger partial charge in [0.05, 0.1) is 6.42 Å². The maximum absolute atomic E-state index is 12.7. The van der Waals surface area contributed by atoms with Crippen LogP contribution in [0, 0.1) is 0 Å². The molecule has 0 radical (unpaired) electrons. The minimum atomic E-state index is -0.138. The molecule has 2 aromatic carbocycles. The molecule has 4 heteroatoms. The highest BCUT2D eigenvalue weighted by atomic mass is 16.5. The van der Waals surface area contributed by atoms with Gasteiger partial charge in [-0.15, -0.1) is 0 Å². The SMILES string of the molecule is CN1Cc2ccccc2OC2(CCC(N(C)C(=O)Cc3ccccc3)CC2)C1. The molecule has 0 unspecified atom stereocenters. The number of benzene rings is 2. The van der Waals surface area contributed by atoms with Gasteiger partial charge in [-0.2, -0.15) is 0 Å². The van der Waals surface area contributed by atoms with Crippen LogP contribution in [-0.4, -0.2) is 48.0 Å². The Morgan fingerprint density at radius 2 is 1.79 bits per heavy atom. The summed E-state index contributed by atoms with van der Waals surface area (Å²) >= 11 is 0. The van der Waals surface area contributed by atoms with E-state index in [2.05, 4.69) is 36.2 Å². The van der Waals surface area contributed by atoms with E-state index in [0.29, 0.717) is 12.5 Å². The standard InChI is InChI=1S/C24H30N2O2/c1-25-17-20-10-6-7-11-22(20)28-24(18-25)14-12-21(13-15-24)26(2)23(27)16-19-8-4-3-5-9-19/h3-11,21H,12-18H2,1-2H3. The van der Waals surface area contributed by atoms with Crippen molar-refractivity contribution >= 4 is 5.91 Å². The van der Waals surface area contributed by atoms with E-state index in [4.69, 9.17) is 4.74 Å². The molecule has 1 saturated carbocycles. The maximum atomic E-state index is 12.7. The number of ether oxygens (including phenoxy) is 1. The molecule has 1 spiro atoms. The van der Waals surface area contributed by atoms with E-state index in [-0.39, 0.29) is 11.5 Å². The van der Waals surface area contributed by atoms with Crippen LogP contribution in [0.3, 0.4) is 0 Å². The smallest absolute Gasteiger partial charge is 0.226 e. The highest BCUT2D eigenvalue weighted by Crippen LogP contribution is 2.39. The molecule has 1 amide bonds. The summed E-state index contributed by atoms with van der Waals surface area (Å²) in [7, 11) is 4.14. The Hall–Kier alpha value is -2.33. The van der Waals surface area contributed by atoms with Crippen molar-refractivity contribution < 1.29 is 9.53 Å². The van der Waals surface area contributed by atoms with E-state index in [1.165, 1.54) is 5.56 Å². The molecule has 0 bridgehead atoms. The van der Waals surface area contributed by atoms with Crippen molar-refractivity contribution in [2.75, 3.05) is 20.6 Å². The molecule has 1 aliphatic carbocycles. The van der Waals surface area contributed by atoms with Crippen LogP contribution in [0.5, 0.6) is 5.75 Å². The van der Waals surface area contributed by atoms with Crippen LogP contribution >= 0.6 is 0 Å². The van der Waals surface area contributed by atoms with E-state index >= 15 is 0 Å². The number of fused-ring (bicyclic) bond motifs is 1. The molecule has 28 heavy (non-hydrogen) atoms. The molecule has 1 fully saturated rings. The summed E-state index contributed by atoms with van der Waals surface area (Å²) < 4.78 is 6.59. The summed E-state index contributed by atoms with van der Waals surface area (Å²) in [5.74, 6) is 1.23. The van der Waals surface area contributed by atoms with Gasteiger partial charge in [-0.05, 0) is 44.4 Å². The summed E-state index contributed by atoms with van der Waals surface area (Å²) in [6, 6.07) is 18.7. The van der Waals surface area contributed by atoms with Crippen molar-refractivity contribution in [2.24, 2.45) is 0 Å². The van der Waals surface area contributed by atoms with Crippen LogP contribution in [-0.2, 0) is 17.8 Å². The fourth-order valence-corrected chi connectivity index (χ4v) is 4.71. The Balaban J connectivity index is 1.40. The van der Waals surface area contributed by atoms with Gasteiger partial charge >= 0.3 is 0 Å². The van der Waals surface area contributed by atoms with Gasteiger partial charge in [-0.3, -0.25) is 9.69 Å². The highest BCUT2D eigenvalue weighted by molar-refractivity contribution is 5.78. The Morgan fingerprint density at radius 1 is 1.11 bits per heavy atom. The third-order valence-electron chi connectivity index (χ3n) is 6.30. The largest absolute Gasteiger partial charge is 0.486 e. The Labute approximate surface area is 168 Å². The molecule has 0 aromatic heterocycles. The quantitative estimate of drug-likeness (QED) is 0.812. The lowest BCUT2D eigenvalue weighted by atomic mass is 9.81. The van der Waals surface area contributed by atoms with E-state index < -0.39 is 0 Å². The van der Waals surface area contributed by atoms with Gasteiger partial charge in [0.25, 0.3) is 0 Å². The highest BCUT2D eigenvalue weighted by Gasteiger charge is 2.41. The van der Waals surface area contributed by atoms with Crippen LogP contribution in [0.25, 0.3) is 0 Å². The number of hydrogen-bond acceptors (Lipinski definition) is 3. The first-order chi connectivity index (χ1) is 13.5. The van der Waals surface area contributed by atoms with E-state index in [1.807, 2.05) is 42.3 Å². The summed E-state index contributed by atoms with van der Waals surface area (Å²) in [4.78, 5) is 17.1. The Bertz CT molecular complexity index is 812. The average Bonchev–Trinajstić information content (AvgIpc) is 2.83. The first kappa shape index (κ1) is 19.0. The zero-order chi connectivity index (χ0) is 19.6. The van der Waals surface area contributed by atoms with Crippen molar-refractivity contribution in [3.05, 3.63) is 65.7 Å². The van der Waals surface area contributed by atoms with Gasteiger partial charge in [0.1, 0.15) is 11.4 Å². The number of rotatable bonds is 3. The van der Waals surface area contributed by atoms with E-state index in [1.54, 1.807) is 0 Å². The lowest BCUT2D eigenvalue weighted by Gasteiger charge is -2.43. The second kappa shape index (κ2) is 7.96. The van der Waals surface area contributed by atoms with Gasteiger partial charge in [0.2, 0.25) is 5.91 Å². The van der Waals surface area contributed by atoms with Crippen molar-refractivity contribution in [1.29, 1.82) is 0 Å². The fourth-order valence-electron chi connectivity index (χ4n) is 4.71. The molecule has 4 rings (SSSR count). The van der Waals surface area contributed by atoms with Crippen molar-refractivity contribution in [3.63, 3.8) is 0 Å².